The number of carbonyl (C=O) groups excluding carboxylic acids is 1. The summed E-state index contributed by atoms with van der Waals surface area (Å²) in [6.07, 6.45) is 0. The third-order valence-corrected chi connectivity index (χ3v) is 3.67. The van der Waals surface area contributed by atoms with Crippen LogP contribution < -0.4 is 15.6 Å². The van der Waals surface area contributed by atoms with E-state index in [9.17, 15) is 9.90 Å². The van der Waals surface area contributed by atoms with Crippen LogP contribution in [0.4, 0.5) is 0 Å². The first-order valence-corrected chi connectivity index (χ1v) is 7.68. The first kappa shape index (κ1) is 17.5. The molecule has 1 atom stereocenters. The lowest BCUT2D eigenvalue weighted by atomic mass is 10.1. The summed E-state index contributed by atoms with van der Waals surface area (Å²) < 4.78 is 5.03. The molecular weight excluding hydrogens is 302 g/mol. The summed E-state index contributed by atoms with van der Waals surface area (Å²) in [6.45, 7) is 2.07. The second kappa shape index (κ2) is 8.13. The highest BCUT2D eigenvalue weighted by Gasteiger charge is 2.00. The molecule has 0 aliphatic carbocycles. The van der Waals surface area contributed by atoms with Crippen LogP contribution in [0.5, 0.6) is 5.75 Å². The third-order valence-electron chi connectivity index (χ3n) is 3.67. The maximum atomic E-state index is 10.5. The number of methoxy groups -OCH3 is 1. The number of ether oxygens (including phenoxy) is 1. The Morgan fingerprint density at radius 2 is 1.62 bits per heavy atom. The van der Waals surface area contributed by atoms with Crippen LogP contribution in [0.3, 0.4) is 0 Å². The van der Waals surface area contributed by atoms with Gasteiger partial charge in [-0.15, -0.1) is 0 Å². The molecule has 24 heavy (non-hydrogen) atoms. The lowest BCUT2D eigenvalue weighted by Gasteiger charge is -2.03. The number of fused-ring (bicyclic) bond motifs is 1. The molecule has 0 saturated heterocycles. The summed E-state index contributed by atoms with van der Waals surface area (Å²) in [7, 11) is 1.67. The molecule has 4 heteroatoms. The van der Waals surface area contributed by atoms with E-state index >= 15 is 0 Å². The zero-order valence-electron chi connectivity index (χ0n) is 13.9. The first-order valence-electron chi connectivity index (χ1n) is 7.68. The minimum Gasteiger partial charge on any atom is -0.545 e. The standard InChI is InChI=1S/C11H8O2.C9H13NO/c12-11(13)10-6-5-8-3-1-2-4-9(8)7-10;1-7(10)8-3-5-9(11-2)6-4-8/h1-7H,(H,12,13);3-7H,10H2,1-2H3/t;7-/m.1/s1. The quantitative estimate of drug-likeness (QED) is 0.803. The second-order valence-electron chi connectivity index (χ2n) is 5.52. The Morgan fingerprint density at radius 1 is 1.00 bits per heavy atom. The molecule has 0 saturated carbocycles. The van der Waals surface area contributed by atoms with Crippen molar-refractivity contribution in [2.45, 2.75) is 13.0 Å². The van der Waals surface area contributed by atoms with Crippen LogP contribution in [0.2, 0.25) is 0 Å². The highest BCUT2D eigenvalue weighted by Crippen LogP contribution is 2.15. The van der Waals surface area contributed by atoms with E-state index in [2.05, 4.69) is 12.7 Å². The minimum atomic E-state index is -1.13. The number of carboxylic acid groups (broad SMARTS) is 1. The monoisotopic (exact) mass is 323 g/mol. The van der Waals surface area contributed by atoms with Crippen LogP contribution in [0.15, 0.2) is 66.7 Å². The highest BCUT2D eigenvalue weighted by molar-refractivity contribution is 5.93. The molecule has 4 nitrogen and oxygen atoms in total. The fourth-order valence-corrected chi connectivity index (χ4v) is 2.25. The normalized spacial score (nSPS) is 11.3. The van der Waals surface area contributed by atoms with Crippen molar-refractivity contribution in [2.75, 3.05) is 7.11 Å². The van der Waals surface area contributed by atoms with Crippen molar-refractivity contribution in [3.8, 4) is 5.75 Å². The van der Waals surface area contributed by atoms with E-state index in [0.29, 0.717) is 6.04 Å². The summed E-state index contributed by atoms with van der Waals surface area (Å²) >= 11 is 0. The number of aromatic carboxylic acids is 1. The summed E-state index contributed by atoms with van der Waals surface area (Å²) in [5.74, 6) is -0.236. The smallest absolute Gasteiger partial charge is 0.118 e. The number of benzene rings is 3. The van der Waals surface area contributed by atoms with Gasteiger partial charge in [0.25, 0.3) is 0 Å². The van der Waals surface area contributed by atoms with Gasteiger partial charge in [-0.25, -0.2) is 0 Å². The molecule has 0 aliphatic rings. The Kier molecular flexibility index (Phi) is 5.93. The van der Waals surface area contributed by atoms with E-state index in [0.717, 1.165) is 16.5 Å². The Hall–Kier alpha value is -2.85. The van der Waals surface area contributed by atoms with Gasteiger partial charge in [0, 0.05) is 5.56 Å². The molecule has 0 bridgehead atoms. The molecule has 0 amide bonds. The average Bonchev–Trinajstić information content (AvgIpc) is 2.61. The number of carboxylic acids is 1. The zero-order valence-corrected chi connectivity index (χ0v) is 13.9. The predicted octanol–water partition coefficient (Wildman–Crippen LogP) is 2.20. The molecule has 0 radical (unpaired) electrons. The summed E-state index contributed by atoms with van der Waals surface area (Å²) in [5, 5.41) is 12.5. The van der Waals surface area contributed by atoms with Gasteiger partial charge in [0.1, 0.15) is 11.8 Å². The van der Waals surface area contributed by atoms with Crippen LogP contribution in [-0.4, -0.2) is 13.1 Å². The number of quaternary nitrogens is 1. The molecule has 0 heterocycles. The molecule has 3 rings (SSSR count). The Labute approximate surface area is 141 Å². The minimum absolute atomic E-state index is 0.221. The van der Waals surface area contributed by atoms with E-state index in [1.807, 2.05) is 48.5 Å². The topological polar surface area (TPSA) is 77.0 Å². The van der Waals surface area contributed by atoms with Crippen LogP contribution in [0.1, 0.15) is 28.9 Å². The Morgan fingerprint density at radius 3 is 2.17 bits per heavy atom. The van der Waals surface area contributed by atoms with Crippen molar-refractivity contribution in [2.24, 2.45) is 0 Å². The van der Waals surface area contributed by atoms with Crippen LogP contribution in [0, 0.1) is 0 Å². The van der Waals surface area contributed by atoms with Gasteiger partial charge in [0.05, 0.1) is 13.1 Å². The summed E-state index contributed by atoms with van der Waals surface area (Å²) in [4.78, 5) is 10.5. The maximum absolute atomic E-state index is 10.5. The molecule has 0 aromatic heterocycles. The average molecular weight is 323 g/mol. The van der Waals surface area contributed by atoms with Crippen LogP contribution >= 0.6 is 0 Å². The lowest BCUT2D eigenvalue weighted by molar-refractivity contribution is -0.420. The highest BCUT2D eigenvalue weighted by atomic mass is 16.5. The van der Waals surface area contributed by atoms with Gasteiger partial charge in [-0.2, -0.15) is 0 Å². The third kappa shape index (κ3) is 4.57. The zero-order chi connectivity index (χ0) is 17.5. The molecule has 0 aliphatic heterocycles. The molecule has 124 valence electrons. The SMILES string of the molecule is COc1ccc([C@@H](C)[NH3+])cc1.O=C([O-])c1ccc2ccccc2c1. The van der Waals surface area contributed by atoms with Gasteiger partial charge in [-0.05, 0) is 53.6 Å². The van der Waals surface area contributed by atoms with Crippen LogP contribution in [-0.2, 0) is 0 Å². The molecule has 3 aromatic carbocycles. The Bertz CT molecular complexity index is 810. The number of rotatable bonds is 3. The number of hydrogen-bond donors (Lipinski definition) is 1. The van der Waals surface area contributed by atoms with E-state index in [1.165, 1.54) is 5.56 Å². The molecular formula is C20H21NO3. The van der Waals surface area contributed by atoms with E-state index in [-0.39, 0.29) is 5.56 Å². The van der Waals surface area contributed by atoms with Gasteiger partial charge in [0.15, 0.2) is 0 Å². The van der Waals surface area contributed by atoms with Crippen molar-refractivity contribution in [1.82, 2.24) is 0 Å². The Balaban J connectivity index is 0.000000177. The van der Waals surface area contributed by atoms with Crippen molar-refractivity contribution in [3.63, 3.8) is 0 Å². The number of carbonyl (C=O) groups is 1. The summed E-state index contributed by atoms with van der Waals surface area (Å²) in [5.41, 5.74) is 5.39. The van der Waals surface area contributed by atoms with E-state index in [4.69, 9.17) is 4.74 Å². The molecule has 3 aromatic rings. The fraction of sp³-hybridized carbons (Fsp3) is 0.150. The fourth-order valence-electron chi connectivity index (χ4n) is 2.25. The van der Waals surface area contributed by atoms with Gasteiger partial charge in [-0.1, -0.05) is 36.4 Å². The van der Waals surface area contributed by atoms with Gasteiger partial charge < -0.3 is 20.4 Å². The van der Waals surface area contributed by atoms with Crippen LogP contribution in [0.25, 0.3) is 10.8 Å². The predicted molar refractivity (Wildman–Crippen MR) is 92.6 cm³/mol. The van der Waals surface area contributed by atoms with Gasteiger partial charge >= 0.3 is 0 Å². The molecule has 0 unspecified atom stereocenters. The lowest BCUT2D eigenvalue weighted by Crippen LogP contribution is -2.51. The van der Waals surface area contributed by atoms with Crippen molar-refractivity contribution in [3.05, 3.63) is 77.9 Å². The summed E-state index contributed by atoms with van der Waals surface area (Å²) in [6, 6.07) is 20.9. The second-order valence-corrected chi connectivity index (χ2v) is 5.52. The van der Waals surface area contributed by atoms with Crippen molar-refractivity contribution in [1.29, 1.82) is 0 Å². The van der Waals surface area contributed by atoms with Crippen molar-refractivity contribution < 1.29 is 20.4 Å². The molecule has 3 N–H and O–H groups in total. The molecule has 0 spiro atoms. The van der Waals surface area contributed by atoms with Gasteiger partial charge in [-0.3, -0.25) is 0 Å². The molecule has 0 fully saturated rings. The maximum Gasteiger partial charge on any atom is 0.118 e. The van der Waals surface area contributed by atoms with E-state index < -0.39 is 5.97 Å². The largest absolute Gasteiger partial charge is 0.545 e. The number of hydrogen-bond acceptors (Lipinski definition) is 3. The van der Waals surface area contributed by atoms with Crippen molar-refractivity contribution >= 4 is 16.7 Å². The van der Waals surface area contributed by atoms with Gasteiger partial charge in [0.2, 0.25) is 0 Å². The van der Waals surface area contributed by atoms with E-state index in [1.54, 1.807) is 25.3 Å². The first-order chi connectivity index (χ1) is 11.5.